The molecule has 0 saturated heterocycles. The van der Waals surface area contributed by atoms with Crippen LogP contribution in [0.5, 0.6) is 11.5 Å². The van der Waals surface area contributed by atoms with E-state index in [1.807, 2.05) is 61.5 Å². The van der Waals surface area contributed by atoms with Gasteiger partial charge in [-0.2, -0.15) is 0 Å². The lowest BCUT2D eigenvalue weighted by atomic mass is 9.83. The molecule has 144 valence electrons. The van der Waals surface area contributed by atoms with Gasteiger partial charge in [-0.15, -0.1) is 0 Å². The number of hydrogen-bond acceptors (Lipinski definition) is 3. The topological polar surface area (TPSA) is 47.6 Å². The summed E-state index contributed by atoms with van der Waals surface area (Å²) < 4.78 is 12.2. The molecule has 0 bridgehead atoms. The molecule has 1 aliphatic rings. The van der Waals surface area contributed by atoms with E-state index < -0.39 is 6.10 Å². The number of benzene rings is 2. The summed E-state index contributed by atoms with van der Waals surface area (Å²) in [5.74, 6) is 1.50. The molecule has 2 aromatic rings. The quantitative estimate of drug-likeness (QED) is 0.745. The van der Waals surface area contributed by atoms with Gasteiger partial charge in [0.25, 0.3) is 5.91 Å². The maximum atomic E-state index is 13.0. The molecule has 27 heavy (non-hydrogen) atoms. The lowest BCUT2D eigenvalue weighted by molar-refractivity contribution is -0.129. The molecule has 0 aromatic heterocycles. The predicted octanol–water partition coefficient (Wildman–Crippen LogP) is 5.04. The van der Waals surface area contributed by atoms with Crippen molar-refractivity contribution in [2.75, 3.05) is 0 Å². The summed E-state index contributed by atoms with van der Waals surface area (Å²) in [4.78, 5) is 13.0. The molecule has 1 amide bonds. The first-order chi connectivity index (χ1) is 13.1. The largest absolute Gasteiger partial charge is 0.487 e. The van der Waals surface area contributed by atoms with Crippen molar-refractivity contribution in [2.45, 2.75) is 64.2 Å². The van der Waals surface area contributed by atoms with Crippen LogP contribution in [0.2, 0.25) is 0 Å². The average Bonchev–Trinajstić information content (AvgIpc) is 2.72. The van der Waals surface area contributed by atoms with E-state index in [1.165, 1.54) is 0 Å². The maximum Gasteiger partial charge on any atom is 0.261 e. The zero-order valence-electron chi connectivity index (χ0n) is 16.4. The summed E-state index contributed by atoms with van der Waals surface area (Å²) in [6, 6.07) is 17.4. The highest BCUT2D eigenvalue weighted by atomic mass is 16.5. The summed E-state index contributed by atoms with van der Waals surface area (Å²) in [5, 5.41) is 3.23. The van der Waals surface area contributed by atoms with Crippen LogP contribution in [0.3, 0.4) is 0 Å². The Balaban J connectivity index is 1.79. The van der Waals surface area contributed by atoms with Crippen LogP contribution in [0, 0.1) is 0 Å². The SMILES string of the molecule is CC[C@@H](Oc1ccccc1)C(=O)N[C@@H]1CC(CC)(CC)Oc2ccccc21. The Hall–Kier alpha value is -2.49. The van der Waals surface area contributed by atoms with Gasteiger partial charge in [0.1, 0.15) is 17.1 Å². The molecule has 2 aromatic carbocycles. The van der Waals surface area contributed by atoms with Crippen molar-refractivity contribution in [2.24, 2.45) is 0 Å². The lowest BCUT2D eigenvalue weighted by Crippen LogP contribution is -2.47. The summed E-state index contributed by atoms with van der Waals surface area (Å²) in [6.07, 6.45) is 2.67. The molecular formula is C23H29NO3. The molecular weight excluding hydrogens is 338 g/mol. The van der Waals surface area contributed by atoms with Gasteiger partial charge < -0.3 is 14.8 Å². The van der Waals surface area contributed by atoms with Crippen molar-refractivity contribution in [3.8, 4) is 11.5 Å². The summed E-state index contributed by atoms with van der Waals surface area (Å²) in [5.41, 5.74) is 0.798. The Labute approximate surface area is 161 Å². The zero-order valence-corrected chi connectivity index (χ0v) is 16.4. The van der Waals surface area contributed by atoms with Crippen molar-refractivity contribution in [3.05, 3.63) is 60.2 Å². The van der Waals surface area contributed by atoms with Gasteiger partial charge in [-0.05, 0) is 37.5 Å². The average molecular weight is 367 g/mol. The highest BCUT2D eigenvalue weighted by molar-refractivity contribution is 5.81. The molecule has 1 heterocycles. The van der Waals surface area contributed by atoms with Crippen molar-refractivity contribution in [3.63, 3.8) is 0 Å². The Morgan fingerprint density at radius 3 is 2.44 bits per heavy atom. The van der Waals surface area contributed by atoms with Crippen molar-refractivity contribution < 1.29 is 14.3 Å². The first kappa shape index (κ1) is 19.3. The van der Waals surface area contributed by atoms with Crippen molar-refractivity contribution in [1.29, 1.82) is 0 Å². The molecule has 0 spiro atoms. The maximum absolute atomic E-state index is 13.0. The Morgan fingerprint density at radius 2 is 1.78 bits per heavy atom. The van der Waals surface area contributed by atoms with Gasteiger partial charge in [0.05, 0.1) is 6.04 Å². The number of ether oxygens (including phenoxy) is 2. The molecule has 4 nitrogen and oxygen atoms in total. The number of rotatable bonds is 7. The smallest absolute Gasteiger partial charge is 0.261 e. The molecule has 0 saturated carbocycles. The van der Waals surface area contributed by atoms with Crippen LogP contribution in [0.4, 0.5) is 0 Å². The van der Waals surface area contributed by atoms with Crippen LogP contribution >= 0.6 is 0 Å². The van der Waals surface area contributed by atoms with Crippen LogP contribution in [0.1, 0.15) is 58.1 Å². The van der Waals surface area contributed by atoms with Gasteiger partial charge in [0.2, 0.25) is 0 Å². The Morgan fingerprint density at radius 1 is 1.11 bits per heavy atom. The third-order valence-corrected chi connectivity index (χ3v) is 5.49. The molecule has 1 N–H and O–H groups in total. The van der Waals surface area contributed by atoms with Crippen LogP contribution in [0.15, 0.2) is 54.6 Å². The van der Waals surface area contributed by atoms with E-state index >= 15 is 0 Å². The number of nitrogens with one attached hydrogen (secondary N) is 1. The van der Waals surface area contributed by atoms with Gasteiger partial charge in [-0.25, -0.2) is 0 Å². The third-order valence-electron chi connectivity index (χ3n) is 5.49. The lowest BCUT2D eigenvalue weighted by Gasteiger charge is -2.42. The monoisotopic (exact) mass is 367 g/mol. The molecule has 0 fully saturated rings. The van der Waals surface area contributed by atoms with Crippen LogP contribution in [0.25, 0.3) is 0 Å². The zero-order chi connectivity index (χ0) is 19.3. The van der Waals surface area contributed by atoms with E-state index in [9.17, 15) is 4.79 Å². The predicted molar refractivity (Wildman–Crippen MR) is 107 cm³/mol. The minimum absolute atomic E-state index is 0.0734. The molecule has 2 atom stereocenters. The van der Waals surface area contributed by atoms with E-state index in [2.05, 4.69) is 19.2 Å². The second kappa shape index (κ2) is 8.47. The summed E-state index contributed by atoms with van der Waals surface area (Å²) in [7, 11) is 0. The second-order valence-corrected chi connectivity index (χ2v) is 7.12. The second-order valence-electron chi connectivity index (χ2n) is 7.12. The minimum Gasteiger partial charge on any atom is -0.487 e. The molecule has 4 heteroatoms. The third kappa shape index (κ3) is 4.26. The van der Waals surface area contributed by atoms with E-state index in [0.717, 1.165) is 30.6 Å². The first-order valence-electron chi connectivity index (χ1n) is 9.90. The number of para-hydroxylation sites is 2. The fourth-order valence-electron chi connectivity index (χ4n) is 3.68. The van der Waals surface area contributed by atoms with E-state index in [0.29, 0.717) is 12.2 Å². The molecule has 0 unspecified atom stereocenters. The van der Waals surface area contributed by atoms with Gasteiger partial charge in [0.15, 0.2) is 6.10 Å². The number of carbonyl (C=O) groups is 1. The molecule has 0 radical (unpaired) electrons. The standard InChI is InChI=1S/C23H29NO3/c1-4-20(26-17-12-8-7-9-13-17)22(25)24-19-16-23(5-2,6-3)27-21-15-11-10-14-18(19)21/h7-15,19-20H,4-6,16H2,1-3H3,(H,24,25)/t19-,20-/m1/s1. The van der Waals surface area contributed by atoms with Crippen LogP contribution in [-0.4, -0.2) is 17.6 Å². The Kier molecular flexibility index (Phi) is 6.04. The first-order valence-corrected chi connectivity index (χ1v) is 9.90. The fourth-order valence-corrected chi connectivity index (χ4v) is 3.68. The van der Waals surface area contributed by atoms with E-state index in [-0.39, 0.29) is 17.6 Å². The number of fused-ring (bicyclic) bond motifs is 1. The van der Waals surface area contributed by atoms with Crippen LogP contribution < -0.4 is 14.8 Å². The number of amides is 1. The van der Waals surface area contributed by atoms with E-state index in [4.69, 9.17) is 9.47 Å². The van der Waals surface area contributed by atoms with E-state index in [1.54, 1.807) is 0 Å². The minimum atomic E-state index is -0.514. The Bertz CT molecular complexity index is 755. The molecule has 1 aliphatic heterocycles. The number of hydrogen-bond donors (Lipinski definition) is 1. The van der Waals surface area contributed by atoms with Crippen molar-refractivity contribution >= 4 is 5.91 Å². The van der Waals surface area contributed by atoms with Gasteiger partial charge in [-0.1, -0.05) is 57.2 Å². The highest BCUT2D eigenvalue weighted by Crippen LogP contribution is 2.42. The van der Waals surface area contributed by atoms with Gasteiger partial charge >= 0.3 is 0 Å². The van der Waals surface area contributed by atoms with Crippen molar-refractivity contribution in [1.82, 2.24) is 5.32 Å². The normalized spacial score (nSPS) is 18.7. The molecule has 3 rings (SSSR count). The van der Waals surface area contributed by atoms with Gasteiger partial charge in [-0.3, -0.25) is 4.79 Å². The van der Waals surface area contributed by atoms with Crippen LogP contribution in [-0.2, 0) is 4.79 Å². The highest BCUT2D eigenvalue weighted by Gasteiger charge is 2.39. The summed E-state index contributed by atoms with van der Waals surface area (Å²) in [6.45, 7) is 6.25. The summed E-state index contributed by atoms with van der Waals surface area (Å²) >= 11 is 0. The number of carbonyl (C=O) groups excluding carboxylic acids is 1. The van der Waals surface area contributed by atoms with Gasteiger partial charge in [0, 0.05) is 12.0 Å². The molecule has 0 aliphatic carbocycles. The fraction of sp³-hybridized carbons (Fsp3) is 0.435.